The molecule has 26 heavy (non-hydrogen) atoms. The maximum atomic E-state index is 12.2. The Morgan fingerprint density at radius 1 is 1.19 bits per heavy atom. The van der Waals surface area contributed by atoms with Gasteiger partial charge in [0, 0.05) is 15.4 Å². The summed E-state index contributed by atoms with van der Waals surface area (Å²) < 4.78 is 5.27. The number of rotatable bonds is 5. The van der Waals surface area contributed by atoms with Gasteiger partial charge in [0.15, 0.2) is 5.16 Å². The highest BCUT2D eigenvalue weighted by Crippen LogP contribution is 2.37. The van der Waals surface area contributed by atoms with Gasteiger partial charge < -0.3 is 9.72 Å². The van der Waals surface area contributed by atoms with E-state index in [1.165, 1.54) is 23.5 Å². The fraction of sp³-hybridized carbons (Fsp3) is 0.105. The lowest BCUT2D eigenvalue weighted by Crippen LogP contribution is -2.14. The Bertz CT molecular complexity index is 1040. The van der Waals surface area contributed by atoms with Crippen LogP contribution in [0.15, 0.2) is 68.3 Å². The topological polar surface area (TPSA) is 78.8 Å². The molecule has 0 aliphatic heterocycles. The zero-order valence-electron chi connectivity index (χ0n) is 14.1. The predicted octanol–water partition coefficient (Wildman–Crippen LogP) is 4.19. The third-order valence-corrected chi connectivity index (χ3v) is 5.26. The van der Waals surface area contributed by atoms with Gasteiger partial charge in [-0.25, -0.2) is 4.98 Å². The van der Waals surface area contributed by atoms with E-state index in [2.05, 4.69) is 9.97 Å². The van der Waals surface area contributed by atoms with Crippen molar-refractivity contribution < 1.29 is 4.74 Å². The molecule has 0 radical (unpaired) electrons. The molecule has 1 aromatic heterocycles. The number of aromatic amines is 1. The van der Waals surface area contributed by atoms with Crippen LogP contribution in [-0.2, 0) is 0 Å². The van der Waals surface area contributed by atoms with Crippen LogP contribution in [0, 0.1) is 11.3 Å². The molecule has 0 saturated heterocycles. The van der Waals surface area contributed by atoms with Crippen LogP contribution in [0.1, 0.15) is 5.56 Å². The number of aromatic nitrogens is 2. The summed E-state index contributed by atoms with van der Waals surface area (Å²) >= 11 is 2.85. The van der Waals surface area contributed by atoms with Crippen molar-refractivity contribution in [1.82, 2.24) is 9.97 Å². The van der Waals surface area contributed by atoms with Crippen molar-refractivity contribution in [3.05, 3.63) is 64.4 Å². The van der Waals surface area contributed by atoms with Crippen LogP contribution in [0.2, 0.25) is 0 Å². The maximum absolute atomic E-state index is 12.2. The molecule has 0 saturated carbocycles. The molecular formula is C19H15N3O2S2. The van der Waals surface area contributed by atoms with Gasteiger partial charge in [-0.3, -0.25) is 4.79 Å². The summed E-state index contributed by atoms with van der Waals surface area (Å²) in [5.41, 5.74) is 0.731. The van der Waals surface area contributed by atoms with Crippen LogP contribution < -0.4 is 10.3 Å². The summed E-state index contributed by atoms with van der Waals surface area (Å²) in [5.74, 6) is 0.768. The third kappa shape index (κ3) is 3.77. The van der Waals surface area contributed by atoms with Crippen molar-refractivity contribution in [3.8, 4) is 23.1 Å². The van der Waals surface area contributed by atoms with Crippen molar-refractivity contribution in [1.29, 1.82) is 5.26 Å². The van der Waals surface area contributed by atoms with E-state index in [1.807, 2.05) is 60.9 Å². The van der Waals surface area contributed by atoms with E-state index in [0.29, 0.717) is 10.9 Å². The normalized spacial score (nSPS) is 10.3. The molecule has 0 amide bonds. The minimum atomic E-state index is -0.428. The van der Waals surface area contributed by atoms with Crippen molar-refractivity contribution in [2.75, 3.05) is 13.4 Å². The molecule has 7 heteroatoms. The summed E-state index contributed by atoms with van der Waals surface area (Å²) in [6.07, 6.45) is 1.82. The second-order valence-electron chi connectivity index (χ2n) is 5.19. The van der Waals surface area contributed by atoms with Crippen molar-refractivity contribution in [3.63, 3.8) is 0 Å². The fourth-order valence-corrected chi connectivity index (χ4v) is 3.77. The highest BCUT2D eigenvalue weighted by molar-refractivity contribution is 7.99. The van der Waals surface area contributed by atoms with E-state index in [4.69, 9.17) is 4.74 Å². The Morgan fingerprint density at radius 2 is 2.00 bits per heavy atom. The predicted molar refractivity (Wildman–Crippen MR) is 104 cm³/mol. The second-order valence-corrected chi connectivity index (χ2v) is 7.10. The standard InChI is InChI=1S/C19H15N3O2S2/c1-24-12-6-5-7-13(10-12)26-16-9-4-3-8-14(16)17-15(11-20)18(23)22-19(21-17)25-2/h3-10H,1-2H3,(H,21,22,23). The van der Waals surface area contributed by atoms with E-state index in [1.54, 1.807) is 7.11 Å². The summed E-state index contributed by atoms with van der Waals surface area (Å²) in [7, 11) is 1.63. The quantitative estimate of drug-likeness (QED) is 0.527. The largest absolute Gasteiger partial charge is 0.497 e. The van der Waals surface area contributed by atoms with Gasteiger partial charge in [0.25, 0.3) is 5.56 Å². The van der Waals surface area contributed by atoms with Crippen LogP contribution in [0.25, 0.3) is 11.3 Å². The Labute approximate surface area is 159 Å². The number of H-pyrrole nitrogens is 1. The number of nitrogens with zero attached hydrogens (tertiary/aromatic N) is 2. The first kappa shape index (κ1) is 18.1. The Kier molecular flexibility index (Phi) is 5.66. The van der Waals surface area contributed by atoms with Gasteiger partial charge in [0.05, 0.1) is 12.8 Å². The van der Waals surface area contributed by atoms with Crippen molar-refractivity contribution in [2.45, 2.75) is 14.9 Å². The van der Waals surface area contributed by atoms with Crippen LogP contribution in [0.5, 0.6) is 5.75 Å². The first-order chi connectivity index (χ1) is 12.7. The molecule has 0 fully saturated rings. The van der Waals surface area contributed by atoms with Crippen molar-refractivity contribution in [2.24, 2.45) is 0 Å². The highest BCUT2D eigenvalue weighted by Gasteiger charge is 2.16. The average molecular weight is 381 g/mol. The molecule has 3 rings (SSSR count). The van der Waals surface area contributed by atoms with Crippen LogP contribution in [0.4, 0.5) is 0 Å². The second kappa shape index (κ2) is 8.13. The molecule has 0 aliphatic carbocycles. The van der Waals surface area contributed by atoms with Gasteiger partial charge in [-0.15, -0.1) is 0 Å². The summed E-state index contributed by atoms with van der Waals surface area (Å²) in [6.45, 7) is 0. The minimum Gasteiger partial charge on any atom is -0.497 e. The van der Waals surface area contributed by atoms with Gasteiger partial charge in [0.1, 0.15) is 17.4 Å². The maximum Gasteiger partial charge on any atom is 0.270 e. The van der Waals surface area contributed by atoms with Gasteiger partial charge in [-0.05, 0) is 30.5 Å². The van der Waals surface area contributed by atoms with E-state index in [-0.39, 0.29) is 5.56 Å². The van der Waals surface area contributed by atoms with Gasteiger partial charge in [0.2, 0.25) is 0 Å². The molecule has 0 aliphatic rings. The average Bonchev–Trinajstić information content (AvgIpc) is 2.68. The number of benzene rings is 2. The molecule has 0 bridgehead atoms. The van der Waals surface area contributed by atoms with Gasteiger partial charge >= 0.3 is 0 Å². The first-order valence-corrected chi connectivity index (χ1v) is 9.70. The summed E-state index contributed by atoms with van der Waals surface area (Å²) in [6, 6.07) is 17.3. The molecule has 0 spiro atoms. The fourth-order valence-electron chi connectivity index (χ4n) is 2.39. The Morgan fingerprint density at radius 3 is 2.73 bits per heavy atom. The smallest absolute Gasteiger partial charge is 0.270 e. The lowest BCUT2D eigenvalue weighted by atomic mass is 10.1. The molecule has 0 unspecified atom stereocenters. The molecule has 2 aromatic carbocycles. The lowest BCUT2D eigenvalue weighted by Gasteiger charge is -2.11. The van der Waals surface area contributed by atoms with Crippen molar-refractivity contribution >= 4 is 23.5 Å². The molecule has 130 valence electrons. The van der Waals surface area contributed by atoms with Crippen LogP contribution in [-0.4, -0.2) is 23.3 Å². The molecule has 1 heterocycles. The minimum absolute atomic E-state index is 0.0153. The Hall–Kier alpha value is -2.69. The zero-order chi connectivity index (χ0) is 18.5. The number of ether oxygens (including phenoxy) is 1. The van der Waals surface area contributed by atoms with Crippen LogP contribution >= 0.6 is 23.5 Å². The number of hydrogen-bond acceptors (Lipinski definition) is 6. The van der Waals surface area contributed by atoms with Crippen LogP contribution in [0.3, 0.4) is 0 Å². The molecule has 0 atom stereocenters. The summed E-state index contributed by atoms with van der Waals surface area (Å²) in [5, 5.41) is 9.91. The SMILES string of the molecule is COc1cccc(Sc2ccccc2-c2nc(SC)[nH]c(=O)c2C#N)c1. The van der Waals surface area contributed by atoms with Gasteiger partial charge in [-0.2, -0.15) is 5.26 Å². The van der Waals surface area contributed by atoms with E-state index >= 15 is 0 Å². The first-order valence-electron chi connectivity index (χ1n) is 7.66. The third-order valence-electron chi connectivity index (χ3n) is 3.61. The highest BCUT2D eigenvalue weighted by atomic mass is 32.2. The zero-order valence-corrected chi connectivity index (χ0v) is 15.8. The van der Waals surface area contributed by atoms with E-state index in [9.17, 15) is 10.1 Å². The van der Waals surface area contributed by atoms with E-state index in [0.717, 1.165) is 21.1 Å². The summed E-state index contributed by atoms with van der Waals surface area (Å²) in [4.78, 5) is 21.2. The lowest BCUT2D eigenvalue weighted by molar-refractivity contribution is 0.413. The number of methoxy groups -OCH3 is 1. The van der Waals surface area contributed by atoms with Gasteiger partial charge in [-0.1, -0.05) is 47.8 Å². The van der Waals surface area contributed by atoms with E-state index < -0.39 is 5.56 Å². The number of hydrogen-bond donors (Lipinski definition) is 1. The molecule has 3 aromatic rings. The number of nitrogens with one attached hydrogen (secondary N) is 1. The number of nitriles is 1. The number of thioether (sulfide) groups is 1. The monoisotopic (exact) mass is 381 g/mol. The molecule has 1 N–H and O–H groups in total. The molecular weight excluding hydrogens is 366 g/mol. The Balaban J connectivity index is 2.12. The molecule has 5 nitrogen and oxygen atoms in total.